The molecule has 5 N–H and O–H groups in total. The van der Waals surface area contributed by atoms with E-state index in [0.717, 1.165) is 0 Å². The zero-order chi connectivity index (χ0) is 8.43. The molecule has 0 amide bonds. The number of rotatable bonds is 2. The van der Waals surface area contributed by atoms with E-state index < -0.39 is 24.6 Å². The zero-order valence-corrected chi connectivity index (χ0v) is 6.05. The standard InChI is InChI=1S/C6H13NO4/c7-2-1-3-4(8)5(9)6(10)11-3/h3-6,8-10H,1-2,7H2/t3-,4+,5-,6?/m1/s1. The van der Waals surface area contributed by atoms with Gasteiger partial charge in [-0.15, -0.1) is 0 Å². The van der Waals surface area contributed by atoms with Gasteiger partial charge >= 0.3 is 0 Å². The van der Waals surface area contributed by atoms with Crippen LogP contribution < -0.4 is 5.73 Å². The van der Waals surface area contributed by atoms with Crippen molar-refractivity contribution in [3.63, 3.8) is 0 Å². The van der Waals surface area contributed by atoms with E-state index in [4.69, 9.17) is 25.8 Å². The molecule has 1 rings (SSSR count). The van der Waals surface area contributed by atoms with Gasteiger partial charge in [-0.25, -0.2) is 0 Å². The van der Waals surface area contributed by atoms with Gasteiger partial charge in [0.2, 0.25) is 0 Å². The van der Waals surface area contributed by atoms with E-state index in [-0.39, 0.29) is 0 Å². The van der Waals surface area contributed by atoms with E-state index in [1.165, 1.54) is 0 Å². The van der Waals surface area contributed by atoms with Crippen LogP contribution in [0.25, 0.3) is 0 Å². The van der Waals surface area contributed by atoms with E-state index >= 15 is 0 Å². The van der Waals surface area contributed by atoms with Crippen molar-refractivity contribution < 1.29 is 20.1 Å². The van der Waals surface area contributed by atoms with Crippen LogP contribution in [0.3, 0.4) is 0 Å². The lowest BCUT2D eigenvalue weighted by molar-refractivity contribution is -0.127. The second-order valence-corrected chi connectivity index (χ2v) is 2.62. The van der Waals surface area contributed by atoms with Crippen LogP contribution in [0, 0.1) is 0 Å². The van der Waals surface area contributed by atoms with Crippen LogP contribution in [0.15, 0.2) is 0 Å². The monoisotopic (exact) mass is 163 g/mol. The molecule has 0 aliphatic carbocycles. The summed E-state index contributed by atoms with van der Waals surface area (Å²) >= 11 is 0. The Morgan fingerprint density at radius 1 is 1.18 bits per heavy atom. The predicted molar refractivity (Wildman–Crippen MR) is 36.6 cm³/mol. The Bertz CT molecular complexity index is 132. The molecule has 0 aromatic heterocycles. The lowest BCUT2D eigenvalue weighted by Gasteiger charge is -2.11. The highest BCUT2D eigenvalue weighted by atomic mass is 16.6. The fourth-order valence-corrected chi connectivity index (χ4v) is 1.13. The van der Waals surface area contributed by atoms with Gasteiger partial charge in [0.05, 0.1) is 6.10 Å². The van der Waals surface area contributed by atoms with Crippen LogP contribution in [-0.2, 0) is 4.74 Å². The summed E-state index contributed by atoms with van der Waals surface area (Å²) < 4.78 is 4.80. The predicted octanol–water partition coefficient (Wildman–Crippen LogP) is -2.23. The summed E-state index contributed by atoms with van der Waals surface area (Å²) in [5.74, 6) is 0. The van der Waals surface area contributed by atoms with Crippen LogP contribution in [0.1, 0.15) is 6.42 Å². The molecule has 11 heavy (non-hydrogen) atoms. The van der Waals surface area contributed by atoms with Gasteiger partial charge in [0.15, 0.2) is 6.29 Å². The Kier molecular flexibility index (Phi) is 2.80. The molecule has 1 fully saturated rings. The fraction of sp³-hybridized carbons (Fsp3) is 1.00. The molecular formula is C6H13NO4. The van der Waals surface area contributed by atoms with E-state index in [0.29, 0.717) is 13.0 Å². The van der Waals surface area contributed by atoms with Crippen LogP contribution >= 0.6 is 0 Å². The smallest absolute Gasteiger partial charge is 0.183 e. The highest BCUT2D eigenvalue weighted by Gasteiger charge is 2.40. The summed E-state index contributed by atoms with van der Waals surface area (Å²) in [5.41, 5.74) is 5.21. The molecule has 66 valence electrons. The highest BCUT2D eigenvalue weighted by Crippen LogP contribution is 2.21. The van der Waals surface area contributed by atoms with Crippen molar-refractivity contribution in [1.82, 2.24) is 0 Å². The van der Waals surface area contributed by atoms with Crippen molar-refractivity contribution >= 4 is 0 Å². The first-order chi connectivity index (χ1) is 5.16. The van der Waals surface area contributed by atoms with Gasteiger partial charge in [0.25, 0.3) is 0 Å². The van der Waals surface area contributed by atoms with Crippen molar-refractivity contribution in [2.75, 3.05) is 6.54 Å². The molecule has 1 heterocycles. The van der Waals surface area contributed by atoms with E-state index in [2.05, 4.69) is 0 Å². The average Bonchev–Trinajstić information content (AvgIpc) is 2.19. The molecule has 1 saturated heterocycles. The first-order valence-electron chi connectivity index (χ1n) is 3.56. The maximum atomic E-state index is 9.17. The Morgan fingerprint density at radius 2 is 1.82 bits per heavy atom. The molecule has 1 unspecified atom stereocenters. The highest BCUT2D eigenvalue weighted by molar-refractivity contribution is 4.85. The number of aliphatic hydroxyl groups is 3. The summed E-state index contributed by atoms with van der Waals surface area (Å²) in [4.78, 5) is 0. The summed E-state index contributed by atoms with van der Waals surface area (Å²) in [6.07, 6.45) is -3.60. The zero-order valence-electron chi connectivity index (χ0n) is 6.05. The fourth-order valence-electron chi connectivity index (χ4n) is 1.13. The second-order valence-electron chi connectivity index (χ2n) is 2.62. The van der Waals surface area contributed by atoms with Gasteiger partial charge in [-0.2, -0.15) is 0 Å². The van der Waals surface area contributed by atoms with Crippen molar-refractivity contribution in [1.29, 1.82) is 0 Å². The maximum Gasteiger partial charge on any atom is 0.183 e. The Hall–Kier alpha value is -0.200. The third kappa shape index (κ3) is 1.69. The molecule has 0 aromatic carbocycles. The van der Waals surface area contributed by atoms with Gasteiger partial charge in [-0.3, -0.25) is 0 Å². The SMILES string of the molecule is NCC[C@H]1OC(O)[C@H](O)[C@H]1O. The lowest BCUT2D eigenvalue weighted by Crippen LogP contribution is -2.33. The molecule has 5 nitrogen and oxygen atoms in total. The number of nitrogens with two attached hydrogens (primary N) is 1. The van der Waals surface area contributed by atoms with E-state index in [1.54, 1.807) is 0 Å². The van der Waals surface area contributed by atoms with Gasteiger partial charge in [0.1, 0.15) is 12.2 Å². The van der Waals surface area contributed by atoms with Gasteiger partial charge in [-0.05, 0) is 13.0 Å². The number of hydrogen-bond acceptors (Lipinski definition) is 5. The summed E-state index contributed by atoms with van der Waals surface area (Å²) in [7, 11) is 0. The Balaban J connectivity index is 2.45. The lowest BCUT2D eigenvalue weighted by atomic mass is 10.1. The van der Waals surface area contributed by atoms with E-state index in [9.17, 15) is 0 Å². The summed E-state index contributed by atoms with van der Waals surface area (Å²) in [6, 6.07) is 0. The number of aliphatic hydroxyl groups excluding tert-OH is 3. The largest absolute Gasteiger partial charge is 0.387 e. The minimum absolute atomic E-state index is 0.362. The topological polar surface area (TPSA) is 95.9 Å². The molecule has 0 spiro atoms. The Labute approximate surface area is 64.4 Å². The molecular weight excluding hydrogens is 150 g/mol. The van der Waals surface area contributed by atoms with Crippen LogP contribution in [-0.4, -0.2) is 46.5 Å². The molecule has 0 saturated carbocycles. The van der Waals surface area contributed by atoms with Crippen LogP contribution in [0.2, 0.25) is 0 Å². The van der Waals surface area contributed by atoms with E-state index in [1.807, 2.05) is 0 Å². The van der Waals surface area contributed by atoms with Gasteiger partial charge in [0, 0.05) is 0 Å². The van der Waals surface area contributed by atoms with Crippen molar-refractivity contribution in [2.45, 2.75) is 31.0 Å². The van der Waals surface area contributed by atoms with Crippen molar-refractivity contribution in [2.24, 2.45) is 5.73 Å². The van der Waals surface area contributed by atoms with Crippen molar-refractivity contribution in [3.05, 3.63) is 0 Å². The molecule has 1 aliphatic heterocycles. The molecule has 0 radical (unpaired) electrons. The van der Waals surface area contributed by atoms with Crippen LogP contribution in [0.5, 0.6) is 0 Å². The molecule has 0 bridgehead atoms. The molecule has 5 heteroatoms. The minimum atomic E-state index is -1.28. The van der Waals surface area contributed by atoms with Crippen LogP contribution in [0.4, 0.5) is 0 Å². The van der Waals surface area contributed by atoms with Gasteiger partial charge < -0.3 is 25.8 Å². The molecule has 0 aromatic rings. The number of hydrogen-bond donors (Lipinski definition) is 4. The number of ether oxygens (including phenoxy) is 1. The summed E-state index contributed by atoms with van der Waals surface area (Å²) in [5, 5.41) is 27.1. The van der Waals surface area contributed by atoms with Gasteiger partial charge in [-0.1, -0.05) is 0 Å². The summed E-state index contributed by atoms with van der Waals surface area (Å²) in [6.45, 7) is 0.362. The quantitative estimate of drug-likeness (QED) is 0.369. The first kappa shape index (κ1) is 8.89. The maximum absolute atomic E-state index is 9.17. The minimum Gasteiger partial charge on any atom is -0.387 e. The molecule has 1 aliphatic rings. The normalized spacial score (nSPS) is 44.7. The third-order valence-corrected chi connectivity index (χ3v) is 1.79. The third-order valence-electron chi connectivity index (χ3n) is 1.79. The van der Waals surface area contributed by atoms with Crippen molar-refractivity contribution in [3.8, 4) is 0 Å². The average molecular weight is 163 g/mol. The second kappa shape index (κ2) is 3.46. The molecule has 4 atom stereocenters. The Morgan fingerprint density at radius 3 is 2.18 bits per heavy atom. The first-order valence-corrected chi connectivity index (χ1v) is 3.56.